The quantitative estimate of drug-likeness (QED) is 0.629. The molecular weight excluding hydrogens is 306 g/mol. The molecule has 4 nitrogen and oxygen atoms in total. The fourth-order valence-electron chi connectivity index (χ4n) is 1.61. The van der Waals surface area contributed by atoms with E-state index in [9.17, 15) is 22.4 Å². The van der Waals surface area contributed by atoms with Crippen LogP contribution in [0.1, 0.15) is 17.3 Å². The van der Waals surface area contributed by atoms with Gasteiger partial charge < -0.3 is 9.47 Å². The van der Waals surface area contributed by atoms with Crippen molar-refractivity contribution in [3.05, 3.63) is 47.9 Å². The third-order valence-corrected chi connectivity index (χ3v) is 2.45. The van der Waals surface area contributed by atoms with Crippen molar-refractivity contribution in [2.75, 3.05) is 0 Å². The Morgan fingerprint density at radius 2 is 1.86 bits per heavy atom. The van der Waals surface area contributed by atoms with Crippen LogP contribution in [-0.2, 0) is 0 Å². The maximum atomic E-state index is 13.1. The van der Waals surface area contributed by atoms with E-state index in [4.69, 9.17) is 4.74 Å². The minimum Gasteiger partial charge on any atom is -0.438 e. The SMILES string of the molecule is CC(=O)c1cc(F)cnc1Oc1cccc(OC(F)(F)F)c1. The summed E-state index contributed by atoms with van der Waals surface area (Å²) in [5.41, 5.74) is -0.123. The van der Waals surface area contributed by atoms with E-state index in [2.05, 4.69) is 9.72 Å². The van der Waals surface area contributed by atoms with Crippen LogP contribution in [0, 0.1) is 5.82 Å². The van der Waals surface area contributed by atoms with E-state index >= 15 is 0 Å². The number of carbonyl (C=O) groups is 1. The first-order valence-corrected chi connectivity index (χ1v) is 5.95. The molecule has 0 aliphatic rings. The number of rotatable bonds is 4. The van der Waals surface area contributed by atoms with Crippen molar-refractivity contribution in [3.8, 4) is 17.4 Å². The van der Waals surface area contributed by atoms with E-state index < -0.39 is 23.7 Å². The lowest BCUT2D eigenvalue weighted by molar-refractivity contribution is -0.274. The fraction of sp³-hybridized carbons (Fsp3) is 0.143. The highest BCUT2D eigenvalue weighted by Gasteiger charge is 2.31. The molecule has 0 aliphatic carbocycles. The molecule has 0 saturated heterocycles. The summed E-state index contributed by atoms with van der Waals surface area (Å²) in [6, 6.07) is 5.61. The molecule has 1 aromatic heterocycles. The Kier molecular flexibility index (Phi) is 4.30. The second-order valence-corrected chi connectivity index (χ2v) is 4.19. The number of nitrogens with zero attached hydrogens (tertiary/aromatic N) is 1. The van der Waals surface area contributed by atoms with Crippen LogP contribution in [0.4, 0.5) is 17.6 Å². The highest BCUT2D eigenvalue weighted by Crippen LogP contribution is 2.29. The number of alkyl halides is 3. The van der Waals surface area contributed by atoms with Crippen LogP contribution in [0.2, 0.25) is 0 Å². The molecule has 2 aromatic rings. The molecule has 8 heteroatoms. The fourth-order valence-corrected chi connectivity index (χ4v) is 1.61. The van der Waals surface area contributed by atoms with E-state index in [1.807, 2.05) is 0 Å². The number of hydrogen-bond donors (Lipinski definition) is 0. The van der Waals surface area contributed by atoms with Crippen molar-refractivity contribution < 1.29 is 31.8 Å². The lowest BCUT2D eigenvalue weighted by atomic mass is 10.2. The lowest BCUT2D eigenvalue weighted by Crippen LogP contribution is -2.17. The van der Waals surface area contributed by atoms with Crippen molar-refractivity contribution in [2.24, 2.45) is 0 Å². The minimum atomic E-state index is -4.84. The van der Waals surface area contributed by atoms with Crippen LogP contribution in [0.5, 0.6) is 17.4 Å². The van der Waals surface area contributed by atoms with Crippen molar-refractivity contribution in [1.82, 2.24) is 4.98 Å². The molecule has 0 unspecified atom stereocenters. The molecule has 22 heavy (non-hydrogen) atoms. The van der Waals surface area contributed by atoms with Crippen LogP contribution in [0.3, 0.4) is 0 Å². The number of ether oxygens (including phenoxy) is 2. The third-order valence-electron chi connectivity index (χ3n) is 2.45. The van der Waals surface area contributed by atoms with Crippen molar-refractivity contribution in [1.29, 1.82) is 0 Å². The van der Waals surface area contributed by atoms with E-state index in [0.717, 1.165) is 24.4 Å². The summed E-state index contributed by atoms with van der Waals surface area (Å²) in [6.07, 6.45) is -4.00. The summed E-state index contributed by atoms with van der Waals surface area (Å²) in [4.78, 5) is 15.0. The molecule has 2 rings (SSSR count). The Morgan fingerprint density at radius 1 is 1.18 bits per heavy atom. The molecule has 0 N–H and O–H groups in total. The Morgan fingerprint density at radius 3 is 2.50 bits per heavy atom. The van der Waals surface area contributed by atoms with Gasteiger partial charge in [-0.1, -0.05) is 6.07 Å². The summed E-state index contributed by atoms with van der Waals surface area (Å²) < 4.78 is 58.5. The van der Waals surface area contributed by atoms with Crippen LogP contribution >= 0.6 is 0 Å². The van der Waals surface area contributed by atoms with Gasteiger partial charge in [0.15, 0.2) is 5.78 Å². The second-order valence-electron chi connectivity index (χ2n) is 4.19. The van der Waals surface area contributed by atoms with Crippen LogP contribution in [0.25, 0.3) is 0 Å². The van der Waals surface area contributed by atoms with Gasteiger partial charge in [-0.2, -0.15) is 0 Å². The first kappa shape index (κ1) is 15.7. The number of pyridine rings is 1. The first-order valence-electron chi connectivity index (χ1n) is 5.95. The minimum absolute atomic E-state index is 0.0386. The number of carbonyl (C=O) groups excluding carboxylic acids is 1. The van der Waals surface area contributed by atoms with Crippen molar-refractivity contribution in [3.63, 3.8) is 0 Å². The van der Waals surface area contributed by atoms with Crippen molar-refractivity contribution in [2.45, 2.75) is 13.3 Å². The average molecular weight is 315 g/mol. The predicted octanol–water partition coefficient (Wildman–Crippen LogP) is 4.11. The maximum Gasteiger partial charge on any atom is 0.573 e. The Balaban J connectivity index is 2.28. The van der Waals surface area contributed by atoms with Gasteiger partial charge in [0.1, 0.15) is 17.3 Å². The molecule has 1 heterocycles. The molecule has 0 bridgehead atoms. The Bertz CT molecular complexity index is 701. The molecule has 0 atom stereocenters. The van der Waals surface area contributed by atoms with Gasteiger partial charge in [-0.15, -0.1) is 13.2 Å². The zero-order valence-electron chi connectivity index (χ0n) is 11.1. The third kappa shape index (κ3) is 4.18. The van der Waals surface area contributed by atoms with E-state index in [0.29, 0.717) is 0 Å². The molecule has 0 aliphatic heterocycles. The van der Waals surface area contributed by atoms with E-state index in [1.165, 1.54) is 19.1 Å². The molecule has 0 spiro atoms. The van der Waals surface area contributed by atoms with Gasteiger partial charge in [0.2, 0.25) is 5.88 Å². The summed E-state index contributed by atoms with van der Waals surface area (Å²) in [5, 5.41) is 0. The van der Waals surface area contributed by atoms with Gasteiger partial charge in [-0.25, -0.2) is 9.37 Å². The molecule has 0 fully saturated rings. The summed E-state index contributed by atoms with van der Waals surface area (Å²) >= 11 is 0. The van der Waals surface area contributed by atoms with Crippen LogP contribution < -0.4 is 9.47 Å². The number of benzene rings is 1. The van der Waals surface area contributed by atoms with Gasteiger partial charge >= 0.3 is 6.36 Å². The zero-order chi connectivity index (χ0) is 16.3. The highest BCUT2D eigenvalue weighted by molar-refractivity contribution is 5.96. The van der Waals surface area contributed by atoms with Crippen LogP contribution in [-0.4, -0.2) is 17.1 Å². The highest BCUT2D eigenvalue weighted by atomic mass is 19.4. The van der Waals surface area contributed by atoms with E-state index in [-0.39, 0.29) is 17.2 Å². The number of halogens is 4. The molecule has 0 radical (unpaired) electrons. The Labute approximate surface area is 122 Å². The van der Waals surface area contributed by atoms with Gasteiger partial charge in [0, 0.05) is 6.07 Å². The number of ketones is 1. The van der Waals surface area contributed by atoms with E-state index in [1.54, 1.807) is 0 Å². The molecular formula is C14H9F4NO3. The standard InChI is InChI=1S/C14H9F4NO3/c1-8(20)12-5-9(15)7-19-13(12)21-10-3-2-4-11(6-10)22-14(16,17)18/h2-7H,1H3. The number of Topliss-reactive ketones (excluding diaryl/α,β-unsaturated/α-hetero) is 1. The Hall–Kier alpha value is -2.64. The molecule has 0 amide bonds. The zero-order valence-corrected chi connectivity index (χ0v) is 11.1. The predicted molar refractivity (Wildman–Crippen MR) is 67.4 cm³/mol. The van der Waals surface area contributed by atoms with Gasteiger partial charge in [-0.05, 0) is 25.1 Å². The van der Waals surface area contributed by atoms with Gasteiger partial charge in [0.05, 0.1) is 11.8 Å². The topological polar surface area (TPSA) is 48.4 Å². The van der Waals surface area contributed by atoms with Gasteiger partial charge in [0.25, 0.3) is 0 Å². The number of hydrogen-bond acceptors (Lipinski definition) is 4. The second kappa shape index (κ2) is 6.00. The summed E-state index contributed by atoms with van der Waals surface area (Å²) in [7, 11) is 0. The monoisotopic (exact) mass is 315 g/mol. The summed E-state index contributed by atoms with van der Waals surface area (Å²) in [5.74, 6) is -1.96. The largest absolute Gasteiger partial charge is 0.573 e. The molecule has 1 aromatic carbocycles. The van der Waals surface area contributed by atoms with Crippen LogP contribution in [0.15, 0.2) is 36.5 Å². The molecule has 0 saturated carbocycles. The lowest BCUT2D eigenvalue weighted by Gasteiger charge is -2.11. The number of aromatic nitrogens is 1. The maximum absolute atomic E-state index is 13.1. The smallest absolute Gasteiger partial charge is 0.438 e. The van der Waals surface area contributed by atoms with Gasteiger partial charge in [-0.3, -0.25) is 4.79 Å². The normalized spacial score (nSPS) is 11.1. The first-order chi connectivity index (χ1) is 10.2. The van der Waals surface area contributed by atoms with Crippen molar-refractivity contribution >= 4 is 5.78 Å². The molecule has 116 valence electrons. The summed E-state index contributed by atoms with van der Waals surface area (Å²) in [6.45, 7) is 1.19. The average Bonchev–Trinajstić information content (AvgIpc) is 2.39.